The summed E-state index contributed by atoms with van der Waals surface area (Å²) >= 11 is 9.89. The minimum Gasteiger partial charge on any atom is -0.437 e. The monoisotopic (exact) mass is 537 g/mol. The number of hydrogen-bond donors (Lipinski definition) is 1. The molecule has 172 valence electrons. The molecule has 1 saturated carbocycles. The maximum absolute atomic E-state index is 6.44. The first-order chi connectivity index (χ1) is 16.6. The molecule has 1 fully saturated rings. The number of nitrogens with zero attached hydrogens (tertiary/aromatic N) is 4. The lowest BCUT2D eigenvalue weighted by molar-refractivity contribution is 0.0623. The Morgan fingerprint density at radius 3 is 2.94 bits per heavy atom. The van der Waals surface area contributed by atoms with Crippen LogP contribution in [0.5, 0.6) is 11.6 Å². The molecule has 6 rings (SSSR count). The lowest BCUT2D eigenvalue weighted by Gasteiger charge is -2.23. The molecule has 0 bridgehead atoms. The molecule has 1 atom stereocenters. The van der Waals surface area contributed by atoms with Crippen molar-refractivity contribution >= 4 is 38.9 Å². The van der Waals surface area contributed by atoms with E-state index in [2.05, 4.69) is 43.6 Å². The summed E-state index contributed by atoms with van der Waals surface area (Å²) in [4.78, 5) is 14.8. The number of halogens is 2. The van der Waals surface area contributed by atoms with Crippen LogP contribution in [0.4, 0.5) is 0 Å². The van der Waals surface area contributed by atoms with Gasteiger partial charge in [0.25, 0.3) is 0 Å². The van der Waals surface area contributed by atoms with E-state index in [1.54, 1.807) is 17.0 Å². The summed E-state index contributed by atoms with van der Waals surface area (Å²) in [5.41, 5.74) is 6.80. The summed E-state index contributed by atoms with van der Waals surface area (Å²) < 4.78 is 8.91. The lowest BCUT2D eigenvalue weighted by atomic mass is 10.1. The molecule has 7 nitrogen and oxygen atoms in total. The second-order valence-electron chi connectivity index (χ2n) is 8.56. The molecule has 0 radical (unpaired) electrons. The maximum atomic E-state index is 6.44. The third-order valence-corrected chi connectivity index (χ3v) is 6.82. The summed E-state index contributed by atoms with van der Waals surface area (Å²) in [5.74, 6) is 2.37. The number of hydrogen-bond acceptors (Lipinski definition) is 6. The Morgan fingerprint density at radius 2 is 2.09 bits per heavy atom. The highest BCUT2D eigenvalue weighted by atomic mass is 79.9. The summed E-state index contributed by atoms with van der Waals surface area (Å²) in [6.45, 7) is 0.428. The molecule has 1 aliphatic carbocycles. The highest BCUT2D eigenvalue weighted by Gasteiger charge is 2.25. The van der Waals surface area contributed by atoms with Gasteiger partial charge in [0.05, 0.1) is 29.9 Å². The largest absolute Gasteiger partial charge is 0.437 e. The van der Waals surface area contributed by atoms with Crippen LogP contribution in [0.25, 0.3) is 5.52 Å². The van der Waals surface area contributed by atoms with Crippen LogP contribution >= 0.6 is 27.5 Å². The zero-order valence-electron chi connectivity index (χ0n) is 18.1. The second kappa shape index (κ2) is 9.02. The Bertz CT molecular complexity index is 1400. The van der Waals surface area contributed by atoms with Crippen LogP contribution in [0, 0.1) is 0 Å². The van der Waals surface area contributed by atoms with Crippen molar-refractivity contribution in [2.24, 2.45) is 4.99 Å². The fraction of sp³-hybridized carbons (Fsp3) is 0.240. The molecule has 0 spiro atoms. The molecule has 3 heterocycles. The summed E-state index contributed by atoms with van der Waals surface area (Å²) in [5, 5.41) is 5.36. The zero-order valence-corrected chi connectivity index (χ0v) is 20.5. The second-order valence-corrected chi connectivity index (χ2v) is 9.88. The van der Waals surface area contributed by atoms with Gasteiger partial charge in [0, 0.05) is 9.50 Å². The van der Waals surface area contributed by atoms with E-state index in [0.29, 0.717) is 41.2 Å². The van der Waals surface area contributed by atoms with Crippen molar-refractivity contribution in [3.63, 3.8) is 0 Å². The Labute approximate surface area is 209 Å². The fourth-order valence-electron chi connectivity index (χ4n) is 4.07. The zero-order chi connectivity index (χ0) is 23.1. The molecule has 4 aromatic rings. The number of fused-ring (bicyclic) bond motifs is 1. The highest BCUT2D eigenvalue weighted by Crippen LogP contribution is 2.41. The SMILES string of the molecule is Clc1cc(Br)ccc1CC1CONC(c2cc3cncn3nc2Oc2cccc(C3CC3)c2)=N1. The van der Waals surface area contributed by atoms with E-state index in [1.165, 1.54) is 18.4 Å². The molecule has 1 unspecified atom stereocenters. The molecule has 9 heteroatoms. The van der Waals surface area contributed by atoms with Gasteiger partial charge in [-0.15, -0.1) is 5.10 Å². The van der Waals surface area contributed by atoms with Gasteiger partial charge in [-0.05, 0) is 66.6 Å². The first-order valence-corrected chi connectivity index (χ1v) is 12.3. The molecule has 2 aromatic carbocycles. The van der Waals surface area contributed by atoms with Gasteiger partial charge < -0.3 is 4.74 Å². The Morgan fingerprint density at radius 1 is 1.18 bits per heavy atom. The van der Waals surface area contributed by atoms with Crippen LogP contribution in [0.3, 0.4) is 0 Å². The van der Waals surface area contributed by atoms with E-state index in [1.807, 2.05) is 36.4 Å². The van der Waals surface area contributed by atoms with Crippen LogP contribution in [0.1, 0.15) is 35.4 Å². The van der Waals surface area contributed by atoms with Crippen molar-refractivity contribution in [2.45, 2.75) is 31.2 Å². The third-order valence-electron chi connectivity index (χ3n) is 5.97. The van der Waals surface area contributed by atoms with Crippen LogP contribution in [0.15, 0.2) is 70.5 Å². The van der Waals surface area contributed by atoms with Crippen molar-refractivity contribution in [2.75, 3.05) is 6.61 Å². The molecular weight excluding hydrogens is 518 g/mol. The number of amidine groups is 1. The Hall–Kier alpha value is -2.94. The Balaban J connectivity index is 1.34. The molecule has 2 aromatic heterocycles. The fourth-order valence-corrected chi connectivity index (χ4v) is 4.83. The summed E-state index contributed by atoms with van der Waals surface area (Å²) in [7, 11) is 0. The van der Waals surface area contributed by atoms with E-state index < -0.39 is 0 Å². The molecule has 1 N–H and O–H groups in total. The van der Waals surface area contributed by atoms with E-state index in [-0.39, 0.29) is 6.04 Å². The minimum atomic E-state index is -0.109. The number of ether oxygens (including phenoxy) is 1. The number of aliphatic imine (C=N–C) groups is 1. The van der Waals surface area contributed by atoms with Gasteiger partial charge in [-0.25, -0.2) is 15.0 Å². The minimum absolute atomic E-state index is 0.109. The predicted molar refractivity (Wildman–Crippen MR) is 134 cm³/mol. The number of hydroxylamine groups is 1. The van der Waals surface area contributed by atoms with Gasteiger partial charge in [0.1, 0.15) is 12.1 Å². The summed E-state index contributed by atoms with van der Waals surface area (Å²) in [6, 6.07) is 15.9. The first-order valence-electron chi connectivity index (χ1n) is 11.1. The topological polar surface area (TPSA) is 73.0 Å². The van der Waals surface area contributed by atoms with Crippen molar-refractivity contribution in [1.82, 2.24) is 20.1 Å². The van der Waals surface area contributed by atoms with Crippen molar-refractivity contribution in [3.8, 4) is 11.6 Å². The highest BCUT2D eigenvalue weighted by molar-refractivity contribution is 9.10. The van der Waals surface area contributed by atoms with Crippen LogP contribution in [-0.4, -0.2) is 33.1 Å². The predicted octanol–water partition coefficient (Wildman–Crippen LogP) is 5.71. The first kappa shape index (κ1) is 21.6. The van der Waals surface area contributed by atoms with Crippen LogP contribution in [0.2, 0.25) is 5.02 Å². The maximum Gasteiger partial charge on any atom is 0.248 e. The number of nitrogens with one attached hydrogen (secondary N) is 1. The molecule has 1 aliphatic heterocycles. The third kappa shape index (κ3) is 4.53. The number of rotatable bonds is 6. The van der Waals surface area contributed by atoms with Crippen molar-refractivity contribution in [3.05, 3.63) is 87.2 Å². The van der Waals surface area contributed by atoms with E-state index in [4.69, 9.17) is 26.2 Å². The quantitative estimate of drug-likeness (QED) is 0.341. The smallest absolute Gasteiger partial charge is 0.248 e. The van der Waals surface area contributed by atoms with Gasteiger partial charge in [0.15, 0.2) is 5.84 Å². The summed E-state index contributed by atoms with van der Waals surface area (Å²) in [6.07, 6.45) is 6.51. The molecule has 0 amide bonds. The normalized spacial score (nSPS) is 17.9. The van der Waals surface area contributed by atoms with E-state index >= 15 is 0 Å². The van der Waals surface area contributed by atoms with Gasteiger partial charge in [-0.2, -0.15) is 0 Å². The van der Waals surface area contributed by atoms with E-state index in [0.717, 1.165) is 21.3 Å². The molecule has 34 heavy (non-hydrogen) atoms. The standard InChI is InChI=1S/C25H21BrClN5O2/c26-18-7-6-17(23(27)10-18)8-19-13-33-31-24(29-19)22-11-20-12-28-14-32(20)30-25(22)34-21-3-1-2-16(9-21)15-4-5-15/h1-3,6-7,9-12,14-15,19H,4-5,8,13H2,(H,29,31). The van der Waals surface area contributed by atoms with Crippen LogP contribution < -0.4 is 10.2 Å². The Kier molecular flexibility index (Phi) is 5.72. The van der Waals surface area contributed by atoms with Crippen LogP contribution in [-0.2, 0) is 11.3 Å². The van der Waals surface area contributed by atoms with Crippen molar-refractivity contribution in [1.29, 1.82) is 0 Å². The van der Waals surface area contributed by atoms with Gasteiger partial charge in [0.2, 0.25) is 5.88 Å². The average Bonchev–Trinajstić information content (AvgIpc) is 3.59. The number of imidazole rings is 1. The van der Waals surface area contributed by atoms with Crippen molar-refractivity contribution < 1.29 is 9.57 Å². The van der Waals surface area contributed by atoms with Gasteiger partial charge in [-0.3, -0.25) is 9.83 Å². The average molecular weight is 539 g/mol. The lowest BCUT2D eigenvalue weighted by Crippen LogP contribution is -2.37. The van der Waals surface area contributed by atoms with Gasteiger partial charge >= 0.3 is 0 Å². The number of aromatic nitrogens is 3. The molecular formula is C25H21BrClN5O2. The van der Waals surface area contributed by atoms with Gasteiger partial charge in [-0.1, -0.05) is 45.7 Å². The number of benzene rings is 2. The van der Waals surface area contributed by atoms with E-state index in [9.17, 15) is 0 Å². The molecule has 0 saturated heterocycles. The molecule has 2 aliphatic rings.